The summed E-state index contributed by atoms with van der Waals surface area (Å²) in [6.45, 7) is 0.207. The lowest BCUT2D eigenvalue weighted by Gasteiger charge is -2.16. The van der Waals surface area contributed by atoms with Crippen LogP contribution in [-0.4, -0.2) is 30.6 Å². The van der Waals surface area contributed by atoms with E-state index in [1.165, 1.54) is 0 Å². The zero-order valence-corrected chi connectivity index (χ0v) is 17.0. The largest absolute Gasteiger partial charge is 0.454 e. The normalized spacial score (nSPS) is 15.3. The monoisotopic (exact) mass is 419 g/mol. The zero-order chi connectivity index (χ0) is 21.4. The number of fused-ring (bicyclic) bond motifs is 1. The Hall–Kier alpha value is -3.87. The van der Waals surface area contributed by atoms with Crippen molar-refractivity contribution in [3.05, 3.63) is 71.8 Å². The number of nitrogens with zero attached hydrogens (tertiary/aromatic N) is 1. The molecular weight excluding hydrogens is 394 g/mol. The summed E-state index contributed by atoms with van der Waals surface area (Å²) >= 11 is 0. The Bertz CT molecular complexity index is 1180. The van der Waals surface area contributed by atoms with Crippen LogP contribution in [0.5, 0.6) is 11.5 Å². The van der Waals surface area contributed by atoms with Crippen molar-refractivity contribution in [3.8, 4) is 22.8 Å². The van der Waals surface area contributed by atoms with Crippen molar-refractivity contribution in [3.63, 3.8) is 0 Å². The molecule has 1 fully saturated rings. The lowest BCUT2D eigenvalue weighted by Crippen LogP contribution is -2.28. The van der Waals surface area contributed by atoms with Gasteiger partial charge in [-0.3, -0.25) is 9.59 Å². The molecule has 7 nitrogen and oxygen atoms in total. The predicted molar refractivity (Wildman–Crippen MR) is 119 cm³/mol. The third kappa shape index (κ3) is 3.48. The fraction of sp³-hybridized carbons (Fsp3) is 0.208. The first-order chi connectivity index (χ1) is 15.1. The summed E-state index contributed by atoms with van der Waals surface area (Å²) in [5.74, 6) is 1.66. The third-order valence-electron chi connectivity index (χ3n) is 5.77. The maximum absolute atomic E-state index is 13.1. The molecule has 2 N–H and O–H groups in total. The molecule has 3 aromatic rings. The van der Waals surface area contributed by atoms with Crippen LogP contribution < -0.4 is 20.1 Å². The van der Waals surface area contributed by atoms with Gasteiger partial charge in [-0.25, -0.2) is 4.98 Å². The van der Waals surface area contributed by atoms with E-state index in [-0.39, 0.29) is 21.5 Å². The van der Waals surface area contributed by atoms with Gasteiger partial charge in [0.05, 0.1) is 11.1 Å². The lowest BCUT2D eigenvalue weighted by atomic mass is 9.94. The maximum atomic E-state index is 13.1. The topological polar surface area (TPSA) is 89.6 Å². The summed E-state index contributed by atoms with van der Waals surface area (Å²) in [5, 5.41) is 5.58. The summed E-state index contributed by atoms with van der Waals surface area (Å²) in [4.78, 5) is 29.5. The summed E-state index contributed by atoms with van der Waals surface area (Å²) in [7, 11) is 1.60. The molecule has 0 radical (unpaired) electrons. The van der Waals surface area contributed by atoms with E-state index in [9.17, 15) is 9.59 Å². The molecule has 0 spiro atoms. The van der Waals surface area contributed by atoms with Gasteiger partial charge in [0.15, 0.2) is 11.5 Å². The number of pyridine rings is 1. The smallest absolute Gasteiger partial charge is 0.251 e. The molecule has 31 heavy (non-hydrogen) atoms. The Labute approximate surface area is 182 Å². The van der Waals surface area contributed by atoms with Crippen LogP contribution in [0.1, 0.15) is 31.6 Å². The number of rotatable bonds is 5. The van der Waals surface area contributed by atoms with Crippen molar-refractivity contribution >= 4 is 17.6 Å². The summed E-state index contributed by atoms with van der Waals surface area (Å²) < 4.78 is 10.8. The molecule has 0 bridgehead atoms. The zero-order valence-electron chi connectivity index (χ0n) is 17.0. The van der Waals surface area contributed by atoms with Crippen molar-refractivity contribution in [2.24, 2.45) is 0 Å². The first-order valence-corrected chi connectivity index (χ1v) is 10.1. The van der Waals surface area contributed by atoms with Gasteiger partial charge >= 0.3 is 0 Å². The Kier molecular flexibility index (Phi) is 4.58. The molecule has 0 saturated heterocycles. The van der Waals surface area contributed by atoms with Gasteiger partial charge in [0, 0.05) is 21.0 Å². The number of nitrogens with one attached hydrogen (secondary N) is 2. The molecule has 1 aliphatic heterocycles. The van der Waals surface area contributed by atoms with Crippen molar-refractivity contribution in [1.29, 1.82) is 0 Å². The Morgan fingerprint density at radius 2 is 1.77 bits per heavy atom. The van der Waals surface area contributed by atoms with Crippen LogP contribution in [0.25, 0.3) is 11.3 Å². The standard InChI is InChI=1S/C24H21N3O4.2H2/c1-25-22(28)16-7-5-15(6-8-16)18-3-2-4-21(26-18)27-23(29)24(11-12-24)17-9-10-19-20(13-17)31-14-30-19;;/h2-10,13H,11-12,14H2,1H3,(H,25,28)(H,26,27,29);2*1H. The van der Waals surface area contributed by atoms with Crippen LogP contribution >= 0.6 is 0 Å². The molecule has 160 valence electrons. The first kappa shape index (κ1) is 19.1. The highest BCUT2D eigenvalue weighted by Gasteiger charge is 2.51. The van der Waals surface area contributed by atoms with E-state index in [0.717, 1.165) is 24.0 Å². The number of carbonyl (C=O) groups is 2. The molecule has 2 amide bonds. The number of carbonyl (C=O) groups excluding carboxylic acids is 2. The van der Waals surface area contributed by atoms with E-state index in [1.807, 2.05) is 42.5 Å². The van der Waals surface area contributed by atoms with Gasteiger partial charge in [-0.2, -0.15) is 0 Å². The minimum Gasteiger partial charge on any atom is -0.454 e. The molecule has 2 aliphatic rings. The molecule has 1 aliphatic carbocycles. The van der Waals surface area contributed by atoms with E-state index in [2.05, 4.69) is 15.6 Å². The van der Waals surface area contributed by atoms with Crippen LogP contribution in [0.3, 0.4) is 0 Å². The average molecular weight is 419 g/mol. The van der Waals surface area contributed by atoms with Crippen molar-refractivity contribution in [1.82, 2.24) is 10.3 Å². The Morgan fingerprint density at radius 3 is 2.52 bits per heavy atom. The highest BCUT2D eigenvalue weighted by molar-refractivity contribution is 6.01. The summed E-state index contributed by atoms with van der Waals surface area (Å²) in [6.07, 6.45) is 1.55. The van der Waals surface area contributed by atoms with Crippen LogP contribution in [0.2, 0.25) is 0 Å². The predicted octanol–water partition coefficient (Wildman–Crippen LogP) is 4.00. The van der Waals surface area contributed by atoms with Crippen molar-refractivity contribution in [2.75, 3.05) is 19.2 Å². The number of hydrogen-bond donors (Lipinski definition) is 2. The van der Waals surface area contributed by atoms with Gasteiger partial charge in [0.1, 0.15) is 5.82 Å². The van der Waals surface area contributed by atoms with Gasteiger partial charge in [-0.15, -0.1) is 0 Å². The average Bonchev–Trinajstić information content (AvgIpc) is 3.49. The van der Waals surface area contributed by atoms with Crippen LogP contribution in [-0.2, 0) is 10.2 Å². The molecule has 0 unspecified atom stereocenters. The highest BCUT2D eigenvalue weighted by atomic mass is 16.7. The fourth-order valence-electron chi connectivity index (χ4n) is 3.80. The van der Waals surface area contributed by atoms with E-state index < -0.39 is 5.41 Å². The molecule has 7 heteroatoms. The number of anilines is 1. The molecule has 2 aromatic carbocycles. The van der Waals surface area contributed by atoms with Gasteiger partial charge in [0.25, 0.3) is 5.91 Å². The molecule has 1 aromatic heterocycles. The number of benzene rings is 2. The molecular formula is C24H25N3O4. The van der Waals surface area contributed by atoms with Crippen molar-refractivity contribution in [2.45, 2.75) is 18.3 Å². The number of amides is 2. The fourth-order valence-corrected chi connectivity index (χ4v) is 3.80. The van der Waals surface area contributed by atoms with Crippen LogP contribution in [0, 0.1) is 0 Å². The summed E-state index contributed by atoms with van der Waals surface area (Å²) in [6, 6.07) is 18.4. The number of hydrogen-bond acceptors (Lipinski definition) is 5. The molecule has 0 atom stereocenters. The van der Waals surface area contributed by atoms with Crippen LogP contribution in [0.4, 0.5) is 5.82 Å². The van der Waals surface area contributed by atoms with Crippen LogP contribution in [0.15, 0.2) is 60.7 Å². The second-order valence-corrected chi connectivity index (χ2v) is 7.67. The van der Waals surface area contributed by atoms with E-state index in [1.54, 1.807) is 25.2 Å². The number of ether oxygens (including phenoxy) is 2. The quantitative estimate of drug-likeness (QED) is 0.653. The van der Waals surface area contributed by atoms with Gasteiger partial charge in [-0.05, 0) is 54.8 Å². The first-order valence-electron chi connectivity index (χ1n) is 10.1. The van der Waals surface area contributed by atoms with Crippen molar-refractivity contribution < 1.29 is 21.9 Å². The van der Waals surface area contributed by atoms with E-state index >= 15 is 0 Å². The molecule has 2 heterocycles. The second-order valence-electron chi connectivity index (χ2n) is 7.67. The highest BCUT2D eigenvalue weighted by Crippen LogP contribution is 2.51. The number of aromatic nitrogens is 1. The minimum absolute atomic E-state index is 0. The second kappa shape index (κ2) is 7.43. The molecule has 1 saturated carbocycles. The molecule has 5 rings (SSSR count). The SMILES string of the molecule is CNC(=O)c1ccc(-c2cccc(NC(=O)C3(c4ccc5c(c4)OCO5)CC3)n2)cc1.[HH].[HH]. The minimum atomic E-state index is -0.562. The Morgan fingerprint density at radius 1 is 1.00 bits per heavy atom. The third-order valence-corrected chi connectivity index (χ3v) is 5.77. The maximum Gasteiger partial charge on any atom is 0.251 e. The van der Waals surface area contributed by atoms with Gasteiger partial charge in [-0.1, -0.05) is 24.3 Å². The van der Waals surface area contributed by atoms with Gasteiger partial charge < -0.3 is 20.1 Å². The summed E-state index contributed by atoms with van der Waals surface area (Å²) in [5.41, 5.74) is 2.52. The van der Waals surface area contributed by atoms with Gasteiger partial charge in [0.2, 0.25) is 12.7 Å². The van der Waals surface area contributed by atoms with E-state index in [0.29, 0.717) is 28.6 Å². The lowest BCUT2D eigenvalue weighted by molar-refractivity contribution is -0.118. The van der Waals surface area contributed by atoms with E-state index in [4.69, 9.17) is 9.47 Å². The Balaban J connectivity index is 0.00000153.